The van der Waals surface area contributed by atoms with Crippen molar-refractivity contribution in [2.75, 3.05) is 44.4 Å². The molecule has 1 unspecified atom stereocenters. The van der Waals surface area contributed by atoms with Gasteiger partial charge in [-0.15, -0.1) is 0 Å². The third-order valence-electron chi connectivity index (χ3n) is 9.78. The van der Waals surface area contributed by atoms with Gasteiger partial charge in [-0.25, -0.2) is 0 Å². The monoisotopic (exact) mass is 601 g/mol. The summed E-state index contributed by atoms with van der Waals surface area (Å²) in [5, 5.41) is 16.8. The first-order valence-corrected chi connectivity index (χ1v) is 16.0. The van der Waals surface area contributed by atoms with Crippen molar-refractivity contribution in [3.63, 3.8) is 0 Å². The number of hydrogen-bond donors (Lipinski definition) is 3. The Morgan fingerprint density at radius 3 is 2.27 bits per heavy atom. The number of rotatable bonds is 9. The molecule has 5 rings (SSSR count). The average molecular weight is 602 g/mol. The highest BCUT2D eigenvalue weighted by Gasteiger charge is 2.41. The van der Waals surface area contributed by atoms with Gasteiger partial charge in [0.15, 0.2) is 0 Å². The standard InChI is InChI=1S/C36H47N3O5/c1-6-39(30-11-15-43-16-12-30)33-21-28(27-7-9-29(10-8-27)36(35(41)42)13-17-44-18-14-36)20-31(25(33)4)34(40)37-22-32-23(2)19-24(3)38-26(32)5/h7-10,19-21,26,30,38H,6,11-18,22H2,1-5H3,(H,37,40)(H,41,42). The highest BCUT2D eigenvalue weighted by Crippen LogP contribution is 2.38. The molecule has 3 N–H and O–H groups in total. The van der Waals surface area contributed by atoms with Crippen molar-refractivity contribution in [1.82, 2.24) is 10.6 Å². The van der Waals surface area contributed by atoms with E-state index < -0.39 is 11.4 Å². The molecule has 1 atom stereocenters. The van der Waals surface area contributed by atoms with Crippen molar-refractivity contribution >= 4 is 17.6 Å². The van der Waals surface area contributed by atoms with Crippen LogP contribution in [-0.4, -0.2) is 68.6 Å². The van der Waals surface area contributed by atoms with Gasteiger partial charge in [-0.05, 0) is 112 Å². The van der Waals surface area contributed by atoms with Gasteiger partial charge in [-0.3, -0.25) is 9.59 Å². The molecular formula is C36H47N3O5. The normalized spacial score (nSPS) is 20.5. The van der Waals surface area contributed by atoms with Gasteiger partial charge < -0.3 is 30.1 Å². The topological polar surface area (TPSA) is 100 Å². The van der Waals surface area contributed by atoms with Gasteiger partial charge in [0, 0.05) is 68.5 Å². The minimum Gasteiger partial charge on any atom is -0.481 e. The number of hydrogen-bond acceptors (Lipinski definition) is 6. The number of aliphatic carboxylic acids is 1. The fourth-order valence-electron chi connectivity index (χ4n) is 7.14. The Morgan fingerprint density at radius 1 is 1.00 bits per heavy atom. The van der Waals surface area contributed by atoms with E-state index in [4.69, 9.17) is 9.47 Å². The number of carboxylic acids is 1. The summed E-state index contributed by atoms with van der Waals surface area (Å²) in [6.07, 6.45) is 4.92. The summed E-state index contributed by atoms with van der Waals surface area (Å²) in [7, 11) is 0. The molecule has 1 amide bonds. The highest BCUT2D eigenvalue weighted by molar-refractivity contribution is 5.99. The Labute approximate surface area is 261 Å². The van der Waals surface area contributed by atoms with Crippen LogP contribution in [0.3, 0.4) is 0 Å². The van der Waals surface area contributed by atoms with Crippen LogP contribution in [0.5, 0.6) is 0 Å². The second-order valence-electron chi connectivity index (χ2n) is 12.5. The third kappa shape index (κ3) is 6.42. The highest BCUT2D eigenvalue weighted by atomic mass is 16.5. The smallest absolute Gasteiger partial charge is 0.314 e. The SMILES string of the molecule is CCN(c1cc(-c2ccc(C3(C(=O)O)CCOCC3)cc2)cc(C(=O)NCC2=C(C)C=C(C)NC2C)c1C)C1CCOCC1. The van der Waals surface area contributed by atoms with Gasteiger partial charge >= 0.3 is 5.97 Å². The number of benzene rings is 2. The van der Waals surface area contributed by atoms with Crippen LogP contribution in [0, 0.1) is 6.92 Å². The number of amides is 1. The lowest BCUT2D eigenvalue weighted by atomic mass is 9.74. The van der Waals surface area contributed by atoms with Crippen molar-refractivity contribution in [3.05, 3.63) is 76.0 Å². The molecule has 0 spiro atoms. The van der Waals surface area contributed by atoms with E-state index in [0.29, 0.717) is 44.2 Å². The van der Waals surface area contributed by atoms with Crippen molar-refractivity contribution in [3.8, 4) is 11.1 Å². The van der Waals surface area contributed by atoms with Crippen molar-refractivity contribution in [2.24, 2.45) is 0 Å². The van der Waals surface area contributed by atoms with Gasteiger partial charge in [0.1, 0.15) is 0 Å². The van der Waals surface area contributed by atoms with E-state index in [1.807, 2.05) is 37.3 Å². The predicted molar refractivity (Wildman–Crippen MR) is 174 cm³/mol. The van der Waals surface area contributed by atoms with E-state index in [9.17, 15) is 14.7 Å². The van der Waals surface area contributed by atoms with Gasteiger partial charge in [0.05, 0.1) is 5.41 Å². The fourth-order valence-corrected chi connectivity index (χ4v) is 7.14. The molecule has 2 aromatic carbocycles. The molecular weight excluding hydrogens is 554 g/mol. The Kier molecular flexibility index (Phi) is 9.81. The first kappa shape index (κ1) is 31.8. The fraction of sp³-hybridized carbons (Fsp3) is 0.500. The summed E-state index contributed by atoms with van der Waals surface area (Å²) in [6, 6.07) is 12.5. The van der Waals surface area contributed by atoms with Gasteiger partial charge in [-0.1, -0.05) is 24.3 Å². The molecule has 8 nitrogen and oxygen atoms in total. The molecule has 8 heteroatoms. The number of ether oxygens (including phenoxy) is 2. The largest absolute Gasteiger partial charge is 0.481 e. The quantitative estimate of drug-likeness (QED) is 0.337. The Hall–Kier alpha value is -3.62. The molecule has 2 saturated heterocycles. The number of nitrogens with zero attached hydrogens (tertiary/aromatic N) is 1. The van der Waals surface area contributed by atoms with Crippen LogP contribution in [0.25, 0.3) is 11.1 Å². The molecule has 44 heavy (non-hydrogen) atoms. The number of carbonyl (C=O) groups is 2. The number of carbonyl (C=O) groups excluding carboxylic acids is 1. The second-order valence-corrected chi connectivity index (χ2v) is 12.5. The second kappa shape index (κ2) is 13.6. The first-order chi connectivity index (χ1) is 21.1. The summed E-state index contributed by atoms with van der Waals surface area (Å²) in [5.74, 6) is -0.908. The number of anilines is 1. The lowest BCUT2D eigenvalue weighted by molar-refractivity contribution is -0.147. The first-order valence-electron chi connectivity index (χ1n) is 16.0. The molecule has 2 fully saturated rings. The minimum absolute atomic E-state index is 0.101. The summed E-state index contributed by atoms with van der Waals surface area (Å²) < 4.78 is 11.1. The lowest BCUT2D eigenvalue weighted by Gasteiger charge is -2.37. The zero-order valence-electron chi connectivity index (χ0n) is 26.8. The summed E-state index contributed by atoms with van der Waals surface area (Å²) in [4.78, 5) is 28.7. The molecule has 0 aromatic heterocycles. The molecule has 3 heterocycles. The van der Waals surface area contributed by atoms with Gasteiger partial charge in [0.25, 0.3) is 5.91 Å². The molecule has 0 saturated carbocycles. The number of nitrogens with one attached hydrogen (secondary N) is 2. The predicted octanol–water partition coefficient (Wildman–Crippen LogP) is 5.74. The van der Waals surface area contributed by atoms with Crippen LogP contribution in [0.1, 0.15) is 74.9 Å². The molecule has 0 bridgehead atoms. The maximum Gasteiger partial charge on any atom is 0.314 e. The van der Waals surface area contributed by atoms with E-state index in [1.165, 1.54) is 11.1 Å². The van der Waals surface area contributed by atoms with Crippen LogP contribution < -0.4 is 15.5 Å². The van der Waals surface area contributed by atoms with Gasteiger partial charge in [-0.2, -0.15) is 0 Å². The lowest BCUT2D eigenvalue weighted by Crippen LogP contribution is -2.41. The molecule has 2 aromatic rings. The maximum absolute atomic E-state index is 13.9. The van der Waals surface area contributed by atoms with Crippen LogP contribution in [0.15, 0.2) is 59.3 Å². The molecule has 0 aliphatic carbocycles. The number of allylic oxidation sites excluding steroid dienone is 3. The van der Waals surface area contributed by atoms with Crippen LogP contribution in [-0.2, 0) is 19.7 Å². The Balaban J connectivity index is 1.51. The molecule has 3 aliphatic heterocycles. The number of dihydropyridines is 1. The van der Waals surface area contributed by atoms with E-state index in [2.05, 4.69) is 55.4 Å². The maximum atomic E-state index is 13.9. The molecule has 0 radical (unpaired) electrons. The zero-order valence-corrected chi connectivity index (χ0v) is 26.8. The minimum atomic E-state index is -0.937. The average Bonchev–Trinajstić information content (AvgIpc) is 3.02. The van der Waals surface area contributed by atoms with E-state index in [0.717, 1.165) is 66.2 Å². The summed E-state index contributed by atoms with van der Waals surface area (Å²) in [5.41, 5.74) is 7.89. The van der Waals surface area contributed by atoms with Gasteiger partial charge in [0.2, 0.25) is 0 Å². The third-order valence-corrected chi connectivity index (χ3v) is 9.78. The van der Waals surface area contributed by atoms with E-state index in [1.54, 1.807) is 0 Å². The zero-order chi connectivity index (χ0) is 31.4. The summed E-state index contributed by atoms with van der Waals surface area (Å²) >= 11 is 0. The number of carboxylic acid groups (broad SMARTS) is 1. The van der Waals surface area contributed by atoms with Crippen LogP contribution in [0.4, 0.5) is 5.69 Å². The Bertz CT molecular complexity index is 1430. The van der Waals surface area contributed by atoms with Crippen LogP contribution in [0.2, 0.25) is 0 Å². The van der Waals surface area contributed by atoms with E-state index >= 15 is 0 Å². The van der Waals surface area contributed by atoms with E-state index in [-0.39, 0.29) is 11.9 Å². The van der Waals surface area contributed by atoms with Crippen molar-refractivity contribution in [2.45, 2.75) is 77.8 Å². The molecule has 3 aliphatic rings. The van der Waals surface area contributed by atoms with Crippen molar-refractivity contribution < 1.29 is 24.2 Å². The summed E-state index contributed by atoms with van der Waals surface area (Å²) in [6.45, 7) is 14.1. The Morgan fingerprint density at radius 2 is 1.66 bits per heavy atom. The molecule has 236 valence electrons. The van der Waals surface area contributed by atoms with Crippen LogP contribution >= 0.6 is 0 Å². The van der Waals surface area contributed by atoms with Crippen molar-refractivity contribution in [1.29, 1.82) is 0 Å².